The number of aldehydes is 1. The van der Waals surface area contributed by atoms with E-state index in [1.807, 2.05) is 69.2 Å². The van der Waals surface area contributed by atoms with E-state index in [1.165, 1.54) is 0 Å². The lowest BCUT2D eigenvalue weighted by Crippen LogP contribution is -2.57. The van der Waals surface area contributed by atoms with Crippen molar-refractivity contribution in [1.82, 2.24) is 10.6 Å². The van der Waals surface area contributed by atoms with E-state index in [0.29, 0.717) is 18.8 Å². The molecule has 5 heteroatoms. The monoisotopic (exact) mass is 410 g/mol. The molecule has 0 saturated carbocycles. The first-order chi connectivity index (χ1) is 12.6. The fourth-order valence-electron chi connectivity index (χ4n) is 4.52. The predicted molar refractivity (Wildman–Crippen MR) is 121 cm³/mol. The Morgan fingerprint density at radius 3 is 1.45 bits per heavy atom. The van der Waals surface area contributed by atoms with Crippen molar-refractivity contribution in [2.24, 2.45) is 22.2 Å². The van der Waals surface area contributed by atoms with Gasteiger partial charge in [0.25, 0.3) is 0 Å². The minimum absolute atomic E-state index is 0.0337. The Kier molecular flexibility index (Phi) is 8.74. The zero-order chi connectivity index (χ0) is 23.5. The number of nitrogens with one attached hydrogen (secondary N) is 2. The third kappa shape index (κ3) is 9.77. The zero-order valence-electron chi connectivity index (χ0n) is 21.0. The van der Waals surface area contributed by atoms with Crippen LogP contribution in [0.25, 0.3) is 0 Å². The molecule has 2 N–H and O–H groups in total. The van der Waals surface area contributed by atoms with Crippen molar-refractivity contribution in [3.8, 4) is 0 Å². The molecule has 2 amide bonds. The molecular weight excluding hydrogens is 364 g/mol. The summed E-state index contributed by atoms with van der Waals surface area (Å²) in [6.07, 6.45) is 2.78. The van der Waals surface area contributed by atoms with Gasteiger partial charge in [0.1, 0.15) is 6.29 Å². The molecule has 0 radical (unpaired) electrons. The third-order valence-corrected chi connectivity index (χ3v) is 5.15. The summed E-state index contributed by atoms with van der Waals surface area (Å²) < 4.78 is 0. The molecule has 0 aromatic heterocycles. The number of hydrogen-bond acceptors (Lipinski definition) is 3. The molecule has 0 aromatic rings. The Labute approximate surface area is 179 Å². The van der Waals surface area contributed by atoms with Crippen LogP contribution in [0.3, 0.4) is 0 Å². The first-order valence-corrected chi connectivity index (χ1v) is 10.8. The second kappa shape index (κ2) is 9.18. The summed E-state index contributed by atoms with van der Waals surface area (Å²) in [5.41, 5.74) is -2.66. The highest BCUT2D eigenvalue weighted by molar-refractivity contribution is 5.83. The minimum Gasteiger partial charge on any atom is -0.351 e. The van der Waals surface area contributed by atoms with E-state index in [4.69, 9.17) is 0 Å². The van der Waals surface area contributed by atoms with E-state index in [2.05, 4.69) is 24.5 Å². The summed E-state index contributed by atoms with van der Waals surface area (Å²) in [5.74, 6) is 0.388. The van der Waals surface area contributed by atoms with E-state index in [0.717, 1.165) is 12.7 Å². The highest BCUT2D eigenvalue weighted by atomic mass is 16.2. The van der Waals surface area contributed by atoms with Crippen LogP contribution in [-0.4, -0.2) is 29.2 Å². The molecule has 0 fully saturated rings. The Balaban J connectivity index is 5.17. The molecule has 0 spiro atoms. The Morgan fingerprint density at radius 1 is 0.724 bits per heavy atom. The van der Waals surface area contributed by atoms with Crippen LogP contribution in [0.5, 0.6) is 0 Å². The third-order valence-electron chi connectivity index (χ3n) is 5.15. The van der Waals surface area contributed by atoms with Crippen LogP contribution >= 0.6 is 0 Å². The zero-order valence-corrected chi connectivity index (χ0v) is 21.0. The fraction of sp³-hybridized carbons (Fsp3) is 0.875. The van der Waals surface area contributed by atoms with Crippen molar-refractivity contribution in [2.45, 2.75) is 113 Å². The van der Waals surface area contributed by atoms with Crippen LogP contribution in [0.2, 0.25) is 0 Å². The van der Waals surface area contributed by atoms with Gasteiger partial charge in [0.05, 0.1) is 0 Å². The minimum atomic E-state index is -0.672. The van der Waals surface area contributed by atoms with Crippen molar-refractivity contribution in [2.75, 3.05) is 0 Å². The maximum Gasteiger partial charge on any atom is 0.226 e. The standard InChI is InChI=1S/C24H46N2O3/c1-17(2)13-21(5,6)18(28)25-23(9,10)15-24(11,12)26-19(29)22(7,8)14-20(3,4)16-27/h16-17H,13-15H2,1-12H3,(H,25,28)(H,26,29). The largest absolute Gasteiger partial charge is 0.351 e. The molecule has 0 aliphatic heterocycles. The fourth-order valence-corrected chi connectivity index (χ4v) is 4.52. The molecule has 0 aliphatic rings. The van der Waals surface area contributed by atoms with Gasteiger partial charge in [-0.25, -0.2) is 0 Å². The molecule has 0 unspecified atom stereocenters. The van der Waals surface area contributed by atoms with Crippen LogP contribution in [0.15, 0.2) is 0 Å². The van der Waals surface area contributed by atoms with E-state index in [1.54, 1.807) is 0 Å². The van der Waals surface area contributed by atoms with Crippen LogP contribution < -0.4 is 10.6 Å². The number of carbonyl (C=O) groups is 3. The van der Waals surface area contributed by atoms with Crippen LogP contribution in [0, 0.1) is 22.2 Å². The van der Waals surface area contributed by atoms with E-state index >= 15 is 0 Å². The average molecular weight is 411 g/mol. The van der Waals surface area contributed by atoms with E-state index < -0.39 is 27.3 Å². The summed E-state index contributed by atoms with van der Waals surface area (Å²) in [7, 11) is 0. The van der Waals surface area contributed by atoms with Crippen LogP contribution in [-0.2, 0) is 14.4 Å². The second-order valence-electron chi connectivity index (χ2n) is 12.5. The lowest BCUT2D eigenvalue weighted by Gasteiger charge is -2.40. The van der Waals surface area contributed by atoms with Gasteiger partial charge in [-0.1, -0.05) is 55.4 Å². The van der Waals surface area contributed by atoms with Crippen molar-refractivity contribution < 1.29 is 14.4 Å². The van der Waals surface area contributed by atoms with Gasteiger partial charge < -0.3 is 15.4 Å². The normalized spacial score (nSPS) is 14.0. The van der Waals surface area contributed by atoms with E-state index in [9.17, 15) is 14.4 Å². The number of rotatable bonds is 11. The molecule has 29 heavy (non-hydrogen) atoms. The van der Waals surface area contributed by atoms with Crippen molar-refractivity contribution in [3.63, 3.8) is 0 Å². The molecule has 0 aliphatic carbocycles. The number of amides is 2. The van der Waals surface area contributed by atoms with Gasteiger partial charge in [-0.05, 0) is 52.9 Å². The molecule has 0 saturated heterocycles. The topological polar surface area (TPSA) is 75.3 Å². The molecule has 0 atom stereocenters. The van der Waals surface area contributed by atoms with Crippen molar-refractivity contribution in [3.05, 3.63) is 0 Å². The summed E-state index contributed by atoms with van der Waals surface area (Å²) in [5, 5.41) is 6.32. The maximum atomic E-state index is 12.9. The van der Waals surface area contributed by atoms with Gasteiger partial charge in [-0.15, -0.1) is 0 Å². The highest BCUT2D eigenvalue weighted by Gasteiger charge is 2.39. The molecule has 0 rings (SSSR count). The average Bonchev–Trinajstić information content (AvgIpc) is 2.42. The highest BCUT2D eigenvalue weighted by Crippen LogP contribution is 2.34. The smallest absolute Gasteiger partial charge is 0.226 e. The summed E-state index contributed by atoms with van der Waals surface area (Å²) in [6.45, 7) is 23.5. The number of hydrogen-bond donors (Lipinski definition) is 2. The summed E-state index contributed by atoms with van der Waals surface area (Å²) in [6, 6.07) is 0. The molecule has 0 bridgehead atoms. The van der Waals surface area contributed by atoms with Crippen molar-refractivity contribution in [1.29, 1.82) is 0 Å². The van der Waals surface area contributed by atoms with Gasteiger partial charge in [-0.2, -0.15) is 0 Å². The number of carbonyl (C=O) groups excluding carboxylic acids is 3. The molecule has 170 valence electrons. The van der Waals surface area contributed by atoms with Gasteiger partial charge in [0.2, 0.25) is 11.8 Å². The predicted octanol–water partition coefficient (Wildman–Crippen LogP) is 4.88. The summed E-state index contributed by atoms with van der Waals surface area (Å²) in [4.78, 5) is 37.1. The van der Waals surface area contributed by atoms with Gasteiger partial charge >= 0.3 is 0 Å². The molecule has 5 nitrogen and oxygen atoms in total. The Bertz CT molecular complexity index is 599. The van der Waals surface area contributed by atoms with Gasteiger partial charge in [0, 0.05) is 27.3 Å². The van der Waals surface area contributed by atoms with Crippen molar-refractivity contribution >= 4 is 18.1 Å². The quantitative estimate of drug-likeness (QED) is 0.477. The Hall–Kier alpha value is -1.39. The Morgan fingerprint density at radius 2 is 1.10 bits per heavy atom. The van der Waals surface area contributed by atoms with E-state index in [-0.39, 0.29) is 11.8 Å². The van der Waals surface area contributed by atoms with Crippen LogP contribution in [0.1, 0.15) is 102 Å². The SMILES string of the molecule is CC(C)CC(C)(C)C(=O)NC(C)(C)CC(C)(C)NC(=O)C(C)(C)CC(C)(C)C=O. The second-order valence-corrected chi connectivity index (χ2v) is 12.5. The van der Waals surface area contributed by atoms with Crippen LogP contribution in [0.4, 0.5) is 0 Å². The maximum absolute atomic E-state index is 12.9. The first-order valence-electron chi connectivity index (χ1n) is 10.8. The molecule has 0 heterocycles. The lowest BCUT2D eigenvalue weighted by atomic mass is 9.74. The summed E-state index contributed by atoms with van der Waals surface area (Å²) >= 11 is 0. The van der Waals surface area contributed by atoms with Gasteiger partial charge in [0.15, 0.2) is 0 Å². The molecular formula is C24H46N2O3. The van der Waals surface area contributed by atoms with Gasteiger partial charge in [-0.3, -0.25) is 9.59 Å². The first kappa shape index (κ1) is 27.6. The lowest BCUT2D eigenvalue weighted by molar-refractivity contribution is -0.133. The molecule has 0 aromatic carbocycles.